The van der Waals surface area contributed by atoms with E-state index in [1.54, 1.807) is 24.3 Å². The second-order valence-corrected chi connectivity index (χ2v) is 9.84. The minimum atomic E-state index is -4.70. The van der Waals surface area contributed by atoms with E-state index in [4.69, 9.17) is 0 Å². The molecule has 0 atom stereocenters. The molecule has 4 nitrogen and oxygen atoms in total. The van der Waals surface area contributed by atoms with Gasteiger partial charge in [0.15, 0.2) is 15.5 Å². The van der Waals surface area contributed by atoms with Crippen LogP contribution < -0.4 is 0 Å². The molecule has 0 aliphatic rings. The SMILES string of the molecule is CS(=O)(=O)c1cccc(-c2ccc(-c3cc(C(F)(F)F)nn3-c3ccccc3F)s2)c1. The summed E-state index contributed by atoms with van der Waals surface area (Å²) in [7, 11) is -3.42. The highest BCUT2D eigenvalue weighted by molar-refractivity contribution is 7.90. The summed E-state index contributed by atoms with van der Waals surface area (Å²) in [4.78, 5) is 1.21. The topological polar surface area (TPSA) is 52.0 Å². The van der Waals surface area contributed by atoms with Crippen molar-refractivity contribution in [2.75, 3.05) is 6.26 Å². The number of thiophene rings is 1. The molecule has 0 spiro atoms. The zero-order chi connectivity index (χ0) is 22.4. The van der Waals surface area contributed by atoms with Crippen LogP contribution in [0.4, 0.5) is 17.6 Å². The van der Waals surface area contributed by atoms with E-state index in [2.05, 4.69) is 5.10 Å². The summed E-state index contributed by atoms with van der Waals surface area (Å²) in [5.74, 6) is -0.710. The maximum absolute atomic E-state index is 14.3. The Labute approximate surface area is 179 Å². The molecular formula is C21H14F4N2O2S2. The molecule has 31 heavy (non-hydrogen) atoms. The number of hydrogen-bond donors (Lipinski definition) is 0. The summed E-state index contributed by atoms with van der Waals surface area (Å²) in [5.41, 5.74) is -0.568. The van der Waals surface area contributed by atoms with Crippen LogP contribution in [0.1, 0.15) is 5.69 Å². The van der Waals surface area contributed by atoms with E-state index < -0.39 is 27.5 Å². The van der Waals surface area contributed by atoms with E-state index in [0.29, 0.717) is 15.3 Å². The monoisotopic (exact) mass is 466 g/mol. The lowest BCUT2D eigenvalue weighted by molar-refractivity contribution is -0.141. The molecule has 160 valence electrons. The summed E-state index contributed by atoms with van der Waals surface area (Å²) in [6, 6.07) is 15.8. The number of alkyl halides is 3. The van der Waals surface area contributed by atoms with Crippen molar-refractivity contribution in [2.45, 2.75) is 11.1 Å². The van der Waals surface area contributed by atoms with Gasteiger partial charge in [-0.15, -0.1) is 11.3 Å². The Morgan fingerprint density at radius 1 is 0.935 bits per heavy atom. The first-order valence-electron chi connectivity index (χ1n) is 8.87. The molecule has 0 radical (unpaired) electrons. The number of nitrogens with zero attached hydrogens (tertiary/aromatic N) is 2. The number of benzene rings is 2. The summed E-state index contributed by atoms with van der Waals surface area (Å²) < 4.78 is 78.8. The molecule has 0 aliphatic carbocycles. The highest BCUT2D eigenvalue weighted by Crippen LogP contribution is 2.39. The van der Waals surface area contributed by atoms with Gasteiger partial charge in [0.2, 0.25) is 0 Å². The smallest absolute Gasteiger partial charge is 0.229 e. The molecule has 2 heterocycles. The summed E-state index contributed by atoms with van der Waals surface area (Å²) in [5, 5.41) is 3.60. The Morgan fingerprint density at radius 2 is 1.65 bits per heavy atom. The number of sulfone groups is 1. The summed E-state index contributed by atoms with van der Waals surface area (Å²) >= 11 is 1.15. The molecule has 0 bridgehead atoms. The van der Waals surface area contributed by atoms with Gasteiger partial charge in [-0.05, 0) is 48.0 Å². The molecule has 4 rings (SSSR count). The lowest BCUT2D eigenvalue weighted by Crippen LogP contribution is -2.08. The number of aromatic nitrogens is 2. The summed E-state index contributed by atoms with van der Waals surface area (Å²) in [6.07, 6.45) is -3.60. The van der Waals surface area contributed by atoms with E-state index in [9.17, 15) is 26.0 Å². The lowest BCUT2D eigenvalue weighted by Gasteiger charge is -2.07. The molecule has 0 saturated heterocycles. The van der Waals surface area contributed by atoms with Crippen LogP contribution >= 0.6 is 11.3 Å². The highest BCUT2D eigenvalue weighted by Gasteiger charge is 2.35. The fraction of sp³-hybridized carbons (Fsp3) is 0.0952. The van der Waals surface area contributed by atoms with Crippen molar-refractivity contribution in [3.8, 4) is 26.7 Å². The molecular weight excluding hydrogens is 452 g/mol. The number of rotatable bonds is 4. The van der Waals surface area contributed by atoms with Crippen LogP contribution in [0.25, 0.3) is 26.7 Å². The average Bonchev–Trinajstić information content (AvgIpc) is 3.35. The third kappa shape index (κ3) is 4.26. The van der Waals surface area contributed by atoms with Crippen molar-refractivity contribution in [1.82, 2.24) is 9.78 Å². The fourth-order valence-corrected chi connectivity index (χ4v) is 4.68. The third-order valence-corrected chi connectivity index (χ3v) is 6.75. The third-order valence-electron chi connectivity index (χ3n) is 4.49. The fourth-order valence-electron chi connectivity index (χ4n) is 3.01. The maximum atomic E-state index is 14.3. The predicted octanol–water partition coefficient (Wildman–Crippen LogP) is 5.83. The molecule has 0 saturated carbocycles. The largest absolute Gasteiger partial charge is 0.435 e. The van der Waals surface area contributed by atoms with Crippen LogP contribution in [-0.2, 0) is 16.0 Å². The van der Waals surface area contributed by atoms with Crippen molar-refractivity contribution in [3.05, 3.63) is 78.2 Å². The van der Waals surface area contributed by atoms with Gasteiger partial charge >= 0.3 is 6.18 Å². The van der Waals surface area contributed by atoms with Crippen LogP contribution in [0.5, 0.6) is 0 Å². The Kier molecular flexibility index (Phi) is 5.22. The van der Waals surface area contributed by atoms with Gasteiger partial charge in [-0.3, -0.25) is 0 Å². The van der Waals surface area contributed by atoms with Gasteiger partial charge in [-0.25, -0.2) is 17.5 Å². The first-order chi connectivity index (χ1) is 14.5. The molecule has 0 N–H and O–H groups in total. The van der Waals surface area contributed by atoms with Gasteiger partial charge in [0, 0.05) is 11.1 Å². The molecule has 0 amide bonds. The van der Waals surface area contributed by atoms with Crippen LogP contribution in [0.2, 0.25) is 0 Å². The van der Waals surface area contributed by atoms with Crippen LogP contribution in [0.3, 0.4) is 0 Å². The van der Waals surface area contributed by atoms with Gasteiger partial charge in [0.05, 0.1) is 15.5 Å². The minimum absolute atomic E-state index is 0.0768. The molecule has 0 fully saturated rings. The van der Waals surface area contributed by atoms with E-state index in [1.165, 1.54) is 30.3 Å². The van der Waals surface area contributed by atoms with Crippen LogP contribution in [-0.4, -0.2) is 24.5 Å². The van der Waals surface area contributed by atoms with Gasteiger partial charge in [0.1, 0.15) is 11.5 Å². The van der Waals surface area contributed by atoms with Crippen LogP contribution in [0.15, 0.2) is 71.6 Å². The van der Waals surface area contributed by atoms with Gasteiger partial charge < -0.3 is 0 Å². The second-order valence-electron chi connectivity index (χ2n) is 6.74. The number of hydrogen-bond acceptors (Lipinski definition) is 4. The zero-order valence-corrected chi connectivity index (χ0v) is 17.5. The maximum Gasteiger partial charge on any atom is 0.435 e. The normalized spacial score (nSPS) is 12.3. The zero-order valence-electron chi connectivity index (χ0n) is 15.9. The molecule has 0 unspecified atom stereocenters. The average molecular weight is 466 g/mol. The van der Waals surface area contributed by atoms with Crippen molar-refractivity contribution < 1.29 is 26.0 Å². The predicted molar refractivity (Wildman–Crippen MR) is 110 cm³/mol. The molecule has 10 heteroatoms. The van der Waals surface area contributed by atoms with Crippen LogP contribution in [0, 0.1) is 5.82 Å². The van der Waals surface area contributed by atoms with Crippen molar-refractivity contribution in [1.29, 1.82) is 0 Å². The summed E-state index contributed by atoms with van der Waals surface area (Å²) in [6.45, 7) is 0. The lowest BCUT2D eigenvalue weighted by atomic mass is 10.2. The van der Waals surface area contributed by atoms with E-state index in [1.807, 2.05) is 0 Å². The Balaban J connectivity index is 1.84. The second kappa shape index (κ2) is 7.61. The van der Waals surface area contributed by atoms with E-state index >= 15 is 0 Å². The van der Waals surface area contributed by atoms with Crippen molar-refractivity contribution in [3.63, 3.8) is 0 Å². The molecule has 2 aromatic heterocycles. The molecule has 2 aromatic carbocycles. The first-order valence-corrected chi connectivity index (χ1v) is 11.6. The highest BCUT2D eigenvalue weighted by atomic mass is 32.2. The Hall–Kier alpha value is -2.98. The Bertz CT molecular complexity index is 1370. The molecule has 4 aromatic rings. The van der Waals surface area contributed by atoms with Crippen molar-refractivity contribution >= 4 is 21.2 Å². The molecule has 0 aliphatic heterocycles. The number of para-hydroxylation sites is 1. The van der Waals surface area contributed by atoms with Gasteiger partial charge in [0.25, 0.3) is 0 Å². The van der Waals surface area contributed by atoms with Gasteiger partial charge in [-0.2, -0.15) is 18.3 Å². The minimum Gasteiger partial charge on any atom is -0.229 e. The van der Waals surface area contributed by atoms with E-state index in [0.717, 1.165) is 34.4 Å². The number of halogens is 4. The first kappa shape index (κ1) is 21.3. The Morgan fingerprint density at radius 3 is 2.32 bits per heavy atom. The quantitative estimate of drug-likeness (QED) is 0.356. The van der Waals surface area contributed by atoms with E-state index in [-0.39, 0.29) is 16.3 Å². The standard InChI is InChI=1S/C21H14F4N2O2S2/c1-31(28,29)14-6-4-5-13(11-14)18-9-10-19(30-18)17-12-20(21(23,24)25)26-27(17)16-8-3-2-7-15(16)22/h2-12H,1H3. The van der Waals surface area contributed by atoms with Crippen molar-refractivity contribution in [2.24, 2.45) is 0 Å². The van der Waals surface area contributed by atoms with Gasteiger partial charge in [-0.1, -0.05) is 24.3 Å².